The van der Waals surface area contributed by atoms with Crippen molar-refractivity contribution in [2.45, 2.75) is 51.0 Å². The fourth-order valence-corrected chi connectivity index (χ4v) is 2.11. The van der Waals surface area contributed by atoms with Gasteiger partial charge in [0.1, 0.15) is 5.60 Å². The monoisotopic (exact) mass is 187 g/mol. The summed E-state index contributed by atoms with van der Waals surface area (Å²) in [6.45, 7) is 2.14. The van der Waals surface area contributed by atoms with E-state index in [-0.39, 0.29) is 10.8 Å². The zero-order valence-corrected chi connectivity index (χ0v) is 8.45. The summed E-state index contributed by atoms with van der Waals surface area (Å²) < 4.78 is 5.54. The molecule has 1 aliphatic rings. The van der Waals surface area contributed by atoms with Crippen molar-refractivity contribution in [2.24, 2.45) is 5.73 Å². The predicted octanol–water partition coefficient (Wildman–Crippen LogP) is 2.36. The van der Waals surface area contributed by atoms with Gasteiger partial charge < -0.3 is 10.5 Å². The maximum absolute atomic E-state index is 5.54. The summed E-state index contributed by atoms with van der Waals surface area (Å²) in [6, 6.07) is 0. The van der Waals surface area contributed by atoms with Crippen molar-refractivity contribution in [3.63, 3.8) is 0 Å². The molecule has 12 heavy (non-hydrogen) atoms. The lowest BCUT2D eigenvalue weighted by molar-refractivity contribution is 0.0163. The van der Waals surface area contributed by atoms with E-state index in [4.69, 9.17) is 22.7 Å². The molecular weight excluding hydrogens is 170 g/mol. The topological polar surface area (TPSA) is 35.2 Å². The second kappa shape index (κ2) is 4.08. The average Bonchev–Trinajstić information content (AvgIpc) is 2.05. The predicted molar refractivity (Wildman–Crippen MR) is 54.0 cm³/mol. The zero-order chi connectivity index (χ0) is 9.03. The highest BCUT2D eigenvalue weighted by molar-refractivity contribution is 7.80. The van der Waals surface area contributed by atoms with E-state index in [2.05, 4.69) is 6.92 Å². The van der Waals surface area contributed by atoms with Gasteiger partial charge in [-0.05, 0) is 44.3 Å². The van der Waals surface area contributed by atoms with Crippen LogP contribution in [-0.2, 0) is 4.74 Å². The molecule has 0 radical (unpaired) electrons. The lowest BCUT2D eigenvalue weighted by Gasteiger charge is -2.36. The summed E-state index contributed by atoms with van der Waals surface area (Å²) in [7, 11) is 0. The van der Waals surface area contributed by atoms with Gasteiger partial charge >= 0.3 is 0 Å². The van der Waals surface area contributed by atoms with Crippen LogP contribution in [0.5, 0.6) is 0 Å². The van der Waals surface area contributed by atoms with E-state index in [1.54, 1.807) is 0 Å². The van der Waals surface area contributed by atoms with E-state index in [1.807, 2.05) is 0 Å². The van der Waals surface area contributed by atoms with Gasteiger partial charge in [-0.1, -0.05) is 13.3 Å². The summed E-state index contributed by atoms with van der Waals surface area (Å²) in [4.78, 5) is 0. The van der Waals surface area contributed by atoms with Crippen LogP contribution in [0, 0.1) is 0 Å². The molecular formula is C9H17NOS. The van der Waals surface area contributed by atoms with Crippen LogP contribution in [0.1, 0.15) is 45.4 Å². The molecule has 2 N–H and O–H groups in total. The minimum absolute atomic E-state index is 0.0237. The number of rotatable bonds is 2. The highest BCUT2D eigenvalue weighted by Gasteiger charge is 2.32. The number of thiocarbonyl (C=S) groups is 1. The van der Waals surface area contributed by atoms with Crippen molar-refractivity contribution in [1.29, 1.82) is 0 Å². The second-order valence-corrected chi connectivity index (χ2v) is 3.92. The van der Waals surface area contributed by atoms with Crippen molar-refractivity contribution in [2.75, 3.05) is 0 Å². The van der Waals surface area contributed by atoms with Crippen molar-refractivity contribution < 1.29 is 4.74 Å². The number of nitrogens with two attached hydrogens (primary N) is 1. The van der Waals surface area contributed by atoms with Gasteiger partial charge in [0.05, 0.1) is 0 Å². The van der Waals surface area contributed by atoms with Crippen LogP contribution < -0.4 is 5.73 Å². The lowest BCUT2D eigenvalue weighted by atomic mass is 9.83. The van der Waals surface area contributed by atoms with Crippen molar-refractivity contribution >= 4 is 17.4 Å². The lowest BCUT2D eigenvalue weighted by Crippen LogP contribution is -2.38. The minimum atomic E-state index is -0.0237. The van der Waals surface area contributed by atoms with Crippen LogP contribution >= 0.6 is 12.2 Å². The molecule has 0 aromatic carbocycles. The van der Waals surface area contributed by atoms with Crippen LogP contribution in [0.15, 0.2) is 0 Å². The average molecular weight is 187 g/mol. The molecule has 0 amide bonds. The minimum Gasteiger partial charge on any atom is -0.465 e. The number of hydrogen-bond acceptors (Lipinski definition) is 2. The molecule has 0 heterocycles. The van der Waals surface area contributed by atoms with E-state index in [1.165, 1.54) is 19.3 Å². The van der Waals surface area contributed by atoms with Crippen molar-refractivity contribution in [3.05, 3.63) is 0 Å². The molecule has 0 aromatic rings. The van der Waals surface area contributed by atoms with Crippen LogP contribution in [0.4, 0.5) is 0 Å². The van der Waals surface area contributed by atoms with Crippen LogP contribution in [-0.4, -0.2) is 10.8 Å². The maximum atomic E-state index is 5.54. The fraction of sp³-hybridized carbons (Fsp3) is 0.889. The van der Waals surface area contributed by atoms with Gasteiger partial charge in [0, 0.05) is 0 Å². The van der Waals surface area contributed by atoms with Gasteiger partial charge in [-0.25, -0.2) is 0 Å². The van der Waals surface area contributed by atoms with Gasteiger partial charge in [-0.2, -0.15) is 0 Å². The van der Waals surface area contributed by atoms with Gasteiger partial charge in [0.15, 0.2) is 0 Å². The Morgan fingerprint density at radius 3 is 2.42 bits per heavy atom. The van der Waals surface area contributed by atoms with E-state index < -0.39 is 0 Å². The van der Waals surface area contributed by atoms with E-state index in [0.29, 0.717) is 0 Å². The Morgan fingerprint density at radius 2 is 2.00 bits per heavy atom. The molecule has 1 saturated carbocycles. The molecule has 0 spiro atoms. The Morgan fingerprint density at radius 1 is 1.42 bits per heavy atom. The molecule has 0 bridgehead atoms. The summed E-state index contributed by atoms with van der Waals surface area (Å²) in [5.74, 6) is 0. The van der Waals surface area contributed by atoms with Gasteiger partial charge in [0.25, 0.3) is 5.17 Å². The van der Waals surface area contributed by atoms with E-state index >= 15 is 0 Å². The Hall–Kier alpha value is -0.310. The molecule has 1 rings (SSSR count). The van der Waals surface area contributed by atoms with Gasteiger partial charge in [0.2, 0.25) is 0 Å². The standard InChI is InChI=1S/C9H17NOS/c1-2-9(11-8(10)12)6-4-3-5-7-9/h2-7H2,1H3,(H2,10,12). The Balaban J connectivity index is 2.53. The van der Waals surface area contributed by atoms with Gasteiger partial charge in [-0.3, -0.25) is 0 Å². The van der Waals surface area contributed by atoms with Gasteiger partial charge in [-0.15, -0.1) is 0 Å². The first-order valence-corrected chi connectivity index (χ1v) is 5.08. The summed E-state index contributed by atoms with van der Waals surface area (Å²) in [5, 5.41) is 0.207. The molecule has 70 valence electrons. The van der Waals surface area contributed by atoms with Crippen molar-refractivity contribution in [3.8, 4) is 0 Å². The first-order chi connectivity index (χ1) is 5.68. The highest BCUT2D eigenvalue weighted by atomic mass is 32.1. The Kier molecular flexibility index (Phi) is 3.32. The summed E-state index contributed by atoms with van der Waals surface area (Å²) in [5.41, 5.74) is 5.37. The number of ether oxygens (including phenoxy) is 1. The molecule has 0 aromatic heterocycles. The molecule has 1 aliphatic carbocycles. The third kappa shape index (κ3) is 2.34. The largest absolute Gasteiger partial charge is 0.465 e. The Labute approximate surface area is 79.5 Å². The quantitative estimate of drug-likeness (QED) is 0.674. The Bertz CT molecular complexity index is 164. The smallest absolute Gasteiger partial charge is 0.254 e. The zero-order valence-electron chi connectivity index (χ0n) is 7.64. The van der Waals surface area contributed by atoms with E-state index in [0.717, 1.165) is 19.3 Å². The summed E-state index contributed by atoms with van der Waals surface area (Å²) >= 11 is 4.77. The normalized spacial score (nSPS) is 21.8. The molecule has 0 unspecified atom stereocenters. The molecule has 2 nitrogen and oxygen atoms in total. The molecule has 3 heteroatoms. The number of hydrogen-bond donors (Lipinski definition) is 1. The second-order valence-electron chi connectivity index (χ2n) is 3.52. The van der Waals surface area contributed by atoms with Crippen LogP contribution in [0.3, 0.4) is 0 Å². The summed E-state index contributed by atoms with van der Waals surface area (Å²) in [6.07, 6.45) is 7.06. The SMILES string of the molecule is CCC1(OC(N)=S)CCCCC1. The van der Waals surface area contributed by atoms with Crippen molar-refractivity contribution in [1.82, 2.24) is 0 Å². The third-order valence-corrected chi connectivity index (χ3v) is 2.81. The van der Waals surface area contributed by atoms with E-state index in [9.17, 15) is 0 Å². The molecule has 1 fully saturated rings. The molecule has 0 aliphatic heterocycles. The molecule has 0 saturated heterocycles. The van der Waals surface area contributed by atoms with Crippen LogP contribution in [0.25, 0.3) is 0 Å². The maximum Gasteiger partial charge on any atom is 0.254 e. The third-order valence-electron chi connectivity index (χ3n) is 2.73. The fourth-order valence-electron chi connectivity index (χ4n) is 1.94. The first-order valence-electron chi connectivity index (χ1n) is 4.67. The molecule has 0 atom stereocenters. The highest BCUT2D eigenvalue weighted by Crippen LogP contribution is 2.34. The van der Waals surface area contributed by atoms with Crippen LogP contribution in [0.2, 0.25) is 0 Å². The first kappa shape index (κ1) is 9.78.